The highest BCUT2D eigenvalue weighted by molar-refractivity contribution is 5.28. The number of hydrogen-bond donors (Lipinski definition) is 1. The summed E-state index contributed by atoms with van der Waals surface area (Å²) in [5, 5.41) is 3.56. The van der Waals surface area contributed by atoms with Crippen LogP contribution in [0.3, 0.4) is 0 Å². The first-order chi connectivity index (χ1) is 9.66. The molecule has 2 nitrogen and oxygen atoms in total. The molecule has 0 saturated carbocycles. The predicted octanol–water partition coefficient (Wildman–Crippen LogP) is 3.11. The van der Waals surface area contributed by atoms with Crippen LogP contribution in [0.5, 0.6) is 0 Å². The monoisotopic (exact) mass is 274 g/mol. The van der Waals surface area contributed by atoms with Gasteiger partial charge in [-0.15, -0.1) is 0 Å². The van der Waals surface area contributed by atoms with Gasteiger partial charge in [-0.1, -0.05) is 38.1 Å². The molecule has 1 atom stereocenters. The van der Waals surface area contributed by atoms with Crippen molar-refractivity contribution < 1.29 is 0 Å². The normalized spacial score (nSPS) is 17.8. The van der Waals surface area contributed by atoms with E-state index in [-0.39, 0.29) is 0 Å². The fraction of sp³-hybridized carbons (Fsp3) is 0.667. The Morgan fingerprint density at radius 1 is 1.05 bits per heavy atom. The highest BCUT2D eigenvalue weighted by atomic mass is 15.1. The van der Waals surface area contributed by atoms with E-state index < -0.39 is 0 Å². The second-order valence-electron chi connectivity index (χ2n) is 6.54. The van der Waals surface area contributed by atoms with Crippen LogP contribution < -0.4 is 5.32 Å². The van der Waals surface area contributed by atoms with Crippen molar-refractivity contribution >= 4 is 0 Å². The zero-order valence-electron chi connectivity index (χ0n) is 13.4. The molecule has 0 fully saturated rings. The van der Waals surface area contributed by atoms with Gasteiger partial charge in [-0.05, 0) is 56.3 Å². The maximum Gasteiger partial charge on any atom is 0.00792 e. The van der Waals surface area contributed by atoms with Gasteiger partial charge in [0, 0.05) is 19.1 Å². The van der Waals surface area contributed by atoms with E-state index in [0.29, 0.717) is 6.04 Å². The quantitative estimate of drug-likeness (QED) is 0.802. The van der Waals surface area contributed by atoms with E-state index in [0.717, 1.165) is 19.0 Å². The molecule has 0 bridgehead atoms. The van der Waals surface area contributed by atoms with Crippen LogP contribution in [-0.4, -0.2) is 37.1 Å². The molecular weight excluding hydrogens is 244 g/mol. The summed E-state index contributed by atoms with van der Waals surface area (Å²) in [5.74, 6) is 0.748. The van der Waals surface area contributed by atoms with Crippen molar-refractivity contribution in [2.24, 2.45) is 5.92 Å². The molecule has 1 aromatic rings. The van der Waals surface area contributed by atoms with Crippen LogP contribution in [0.1, 0.15) is 38.3 Å². The summed E-state index contributed by atoms with van der Waals surface area (Å²) in [5.41, 5.74) is 3.11. The molecule has 2 heteroatoms. The molecule has 1 unspecified atom stereocenters. The van der Waals surface area contributed by atoms with Crippen molar-refractivity contribution in [3.8, 4) is 0 Å². The second-order valence-corrected chi connectivity index (χ2v) is 6.54. The van der Waals surface area contributed by atoms with Crippen molar-refractivity contribution in [1.29, 1.82) is 0 Å². The van der Waals surface area contributed by atoms with Crippen molar-refractivity contribution in [3.63, 3.8) is 0 Å². The minimum absolute atomic E-state index is 0.684. The maximum absolute atomic E-state index is 3.56. The Bertz CT molecular complexity index is 373. The third kappa shape index (κ3) is 4.60. The van der Waals surface area contributed by atoms with Crippen LogP contribution in [0.4, 0.5) is 0 Å². The highest BCUT2D eigenvalue weighted by Gasteiger charge is 2.17. The van der Waals surface area contributed by atoms with Gasteiger partial charge in [-0.2, -0.15) is 0 Å². The first-order valence-corrected chi connectivity index (χ1v) is 8.18. The molecule has 1 aliphatic heterocycles. The molecule has 1 aliphatic rings. The molecule has 0 amide bonds. The Morgan fingerprint density at radius 2 is 1.65 bits per heavy atom. The van der Waals surface area contributed by atoms with E-state index in [1.807, 2.05) is 0 Å². The fourth-order valence-corrected chi connectivity index (χ4v) is 3.01. The molecule has 1 aromatic carbocycles. The Hall–Kier alpha value is -0.860. The van der Waals surface area contributed by atoms with Crippen LogP contribution in [-0.2, 0) is 12.8 Å². The van der Waals surface area contributed by atoms with Gasteiger partial charge in [0.05, 0.1) is 0 Å². The predicted molar refractivity (Wildman–Crippen MR) is 87.2 cm³/mol. The minimum Gasteiger partial charge on any atom is -0.316 e. The average molecular weight is 274 g/mol. The van der Waals surface area contributed by atoms with Gasteiger partial charge in [-0.25, -0.2) is 0 Å². The van der Waals surface area contributed by atoms with Gasteiger partial charge in [0.15, 0.2) is 0 Å². The molecule has 20 heavy (non-hydrogen) atoms. The van der Waals surface area contributed by atoms with Crippen LogP contribution >= 0.6 is 0 Å². The molecular formula is C18H30N2. The first-order valence-electron chi connectivity index (χ1n) is 8.18. The average Bonchev–Trinajstić information content (AvgIpc) is 2.65. The number of hydrogen-bond acceptors (Lipinski definition) is 2. The summed E-state index contributed by atoms with van der Waals surface area (Å²) in [4.78, 5) is 2.66. The summed E-state index contributed by atoms with van der Waals surface area (Å²) >= 11 is 0. The largest absolute Gasteiger partial charge is 0.316 e. The molecule has 1 heterocycles. The maximum atomic E-state index is 3.56. The van der Waals surface area contributed by atoms with Gasteiger partial charge >= 0.3 is 0 Å². The van der Waals surface area contributed by atoms with Gasteiger partial charge < -0.3 is 5.32 Å². The van der Waals surface area contributed by atoms with E-state index >= 15 is 0 Å². The van der Waals surface area contributed by atoms with Gasteiger partial charge in [0.25, 0.3) is 0 Å². The zero-order chi connectivity index (χ0) is 14.4. The fourth-order valence-electron chi connectivity index (χ4n) is 3.01. The van der Waals surface area contributed by atoms with Gasteiger partial charge in [0.2, 0.25) is 0 Å². The molecule has 0 spiro atoms. The first kappa shape index (κ1) is 15.5. The SMILES string of the molecule is CC(C)CNCCC(C)N1CCc2ccccc2CC1. The Balaban J connectivity index is 1.77. The van der Waals surface area contributed by atoms with E-state index in [9.17, 15) is 0 Å². The highest BCUT2D eigenvalue weighted by Crippen LogP contribution is 2.17. The standard InChI is InChI=1S/C18H30N2/c1-15(2)14-19-11-8-16(3)20-12-9-17-6-4-5-7-18(17)10-13-20/h4-7,15-16,19H,8-14H2,1-3H3. The summed E-state index contributed by atoms with van der Waals surface area (Å²) < 4.78 is 0. The van der Waals surface area contributed by atoms with E-state index in [1.165, 1.54) is 32.4 Å². The molecule has 112 valence electrons. The lowest BCUT2D eigenvalue weighted by Crippen LogP contribution is -2.37. The van der Waals surface area contributed by atoms with Gasteiger partial charge in [-0.3, -0.25) is 4.90 Å². The lowest BCUT2D eigenvalue weighted by molar-refractivity contribution is 0.207. The zero-order valence-corrected chi connectivity index (χ0v) is 13.4. The molecule has 2 rings (SSSR count). The summed E-state index contributed by atoms with van der Waals surface area (Å²) in [6, 6.07) is 9.63. The number of benzene rings is 1. The lowest BCUT2D eigenvalue weighted by atomic mass is 10.0. The molecule has 0 radical (unpaired) electrons. The number of fused-ring (bicyclic) bond motifs is 1. The van der Waals surface area contributed by atoms with E-state index in [4.69, 9.17) is 0 Å². The summed E-state index contributed by atoms with van der Waals surface area (Å²) in [6.45, 7) is 11.6. The minimum atomic E-state index is 0.684. The Morgan fingerprint density at radius 3 is 2.20 bits per heavy atom. The summed E-state index contributed by atoms with van der Waals surface area (Å²) in [6.07, 6.45) is 3.67. The lowest BCUT2D eigenvalue weighted by Gasteiger charge is -2.27. The third-order valence-electron chi connectivity index (χ3n) is 4.37. The van der Waals surface area contributed by atoms with Crippen molar-refractivity contribution in [3.05, 3.63) is 35.4 Å². The molecule has 1 N–H and O–H groups in total. The number of nitrogens with one attached hydrogen (secondary N) is 1. The van der Waals surface area contributed by atoms with Crippen molar-refractivity contribution in [1.82, 2.24) is 10.2 Å². The van der Waals surface area contributed by atoms with Crippen molar-refractivity contribution in [2.45, 2.75) is 46.1 Å². The van der Waals surface area contributed by atoms with Crippen LogP contribution in [0.25, 0.3) is 0 Å². The molecule has 0 aliphatic carbocycles. The van der Waals surface area contributed by atoms with E-state index in [2.05, 4.69) is 55.3 Å². The number of nitrogens with zero attached hydrogens (tertiary/aromatic N) is 1. The van der Waals surface area contributed by atoms with Crippen LogP contribution in [0.15, 0.2) is 24.3 Å². The van der Waals surface area contributed by atoms with Crippen LogP contribution in [0.2, 0.25) is 0 Å². The number of rotatable bonds is 6. The van der Waals surface area contributed by atoms with Gasteiger partial charge in [0.1, 0.15) is 0 Å². The Labute approximate surface area is 124 Å². The molecule has 0 saturated heterocycles. The van der Waals surface area contributed by atoms with Crippen LogP contribution in [0, 0.1) is 5.92 Å². The topological polar surface area (TPSA) is 15.3 Å². The van der Waals surface area contributed by atoms with E-state index in [1.54, 1.807) is 11.1 Å². The smallest absolute Gasteiger partial charge is 0.00792 e. The molecule has 0 aromatic heterocycles. The van der Waals surface area contributed by atoms with Crippen molar-refractivity contribution in [2.75, 3.05) is 26.2 Å². The Kier molecular flexibility index (Phi) is 6.06. The second kappa shape index (κ2) is 7.80. The third-order valence-corrected chi connectivity index (χ3v) is 4.37. The summed E-state index contributed by atoms with van der Waals surface area (Å²) in [7, 11) is 0.